The molecule has 5 rings (SSSR count). The summed E-state index contributed by atoms with van der Waals surface area (Å²) in [7, 11) is 2.07. The largest absolute Gasteiger partial charge is 0.462 e. The summed E-state index contributed by atoms with van der Waals surface area (Å²) in [5.41, 5.74) is 7.08. The fourth-order valence-corrected chi connectivity index (χ4v) is 5.01. The summed E-state index contributed by atoms with van der Waals surface area (Å²) >= 11 is 0. The molecule has 1 aliphatic rings. The molecule has 192 valence electrons. The second-order valence-corrected chi connectivity index (χ2v) is 9.37. The van der Waals surface area contributed by atoms with Crippen molar-refractivity contribution in [3.8, 4) is 22.5 Å². The van der Waals surface area contributed by atoms with Crippen LogP contribution in [-0.4, -0.2) is 57.1 Å². The molecule has 2 heterocycles. The first-order valence-electron chi connectivity index (χ1n) is 12.9. The lowest BCUT2D eigenvalue weighted by atomic mass is 9.94. The normalized spacial score (nSPS) is 17.0. The molecule has 0 aliphatic carbocycles. The number of ether oxygens (including phenoxy) is 1. The SMILES string of the molecule is CCC[N+]1(C)N=C(c2ccc(-c3ccccc3-c3nn[nH]n3)cc2)C(C(=O)OCC)=C1Cc1ccccc1. The molecule has 0 radical (unpaired) electrons. The number of benzene rings is 3. The van der Waals surface area contributed by atoms with Crippen LogP contribution in [0.2, 0.25) is 0 Å². The maximum absolute atomic E-state index is 13.4. The molecule has 0 saturated heterocycles. The summed E-state index contributed by atoms with van der Waals surface area (Å²) in [6, 6.07) is 26.3. The molecule has 4 aromatic rings. The Morgan fingerprint density at radius 1 is 0.895 bits per heavy atom. The van der Waals surface area contributed by atoms with Gasteiger partial charge in [0, 0.05) is 11.1 Å². The van der Waals surface area contributed by atoms with Gasteiger partial charge in [0.15, 0.2) is 11.3 Å². The van der Waals surface area contributed by atoms with E-state index in [-0.39, 0.29) is 5.97 Å². The number of hydrogen-bond donors (Lipinski definition) is 1. The number of hydrogen-bond acceptors (Lipinski definition) is 6. The van der Waals surface area contributed by atoms with Gasteiger partial charge in [-0.15, -0.1) is 10.2 Å². The molecule has 8 heteroatoms. The number of rotatable bonds is 9. The number of quaternary nitrogens is 1. The van der Waals surface area contributed by atoms with Crippen LogP contribution in [0.1, 0.15) is 31.4 Å². The monoisotopic (exact) mass is 507 g/mol. The van der Waals surface area contributed by atoms with Crippen molar-refractivity contribution >= 4 is 11.7 Å². The van der Waals surface area contributed by atoms with Crippen LogP contribution in [0.25, 0.3) is 22.5 Å². The zero-order chi connectivity index (χ0) is 26.5. The third-order valence-electron chi connectivity index (χ3n) is 6.76. The zero-order valence-electron chi connectivity index (χ0n) is 21.9. The Balaban J connectivity index is 1.58. The van der Waals surface area contributed by atoms with Gasteiger partial charge in [0.2, 0.25) is 5.82 Å². The Morgan fingerprint density at radius 2 is 1.58 bits per heavy atom. The van der Waals surface area contributed by atoms with Crippen LogP contribution >= 0.6 is 0 Å². The molecule has 0 bridgehead atoms. The second kappa shape index (κ2) is 10.9. The van der Waals surface area contributed by atoms with Crippen LogP contribution in [0.3, 0.4) is 0 Å². The number of nitrogens with one attached hydrogen (secondary N) is 1. The Morgan fingerprint density at radius 3 is 2.24 bits per heavy atom. The van der Waals surface area contributed by atoms with Crippen molar-refractivity contribution < 1.29 is 14.1 Å². The fraction of sp³-hybridized carbons (Fsp3) is 0.233. The quantitative estimate of drug-likeness (QED) is 0.249. The highest BCUT2D eigenvalue weighted by molar-refractivity contribution is 6.27. The van der Waals surface area contributed by atoms with Crippen molar-refractivity contribution in [2.24, 2.45) is 5.10 Å². The number of nitrogens with zero attached hydrogens (tertiary/aromatic N) is 5. The molecule has 0 fully saturated rings. The smallest absolute Gasteiger partial charge is 0.346 e. The minimum atomic E-state index is -0.332. The predicted octanol–water partition coefficient (Wildman–Crippen LogP) is 5.17. The summed E-state index contributed by atoms with van der Waals surface area (Å²) in [4.78, 5) is 13.4. The van der Waals surface area contributed by atoms with Crippen LogP contribution in [0.5, 0.6) is 0 Å². The number of esters is 1. The van der Waals surface area contributed by atoms with Gasteiger partial charge in [-0.1, -0.05) is 90.9 Å². The van der Waals surface area contributed by atoms with Crippen molar-refractivity contribution in [2.75, 3.05) is 20.2 Å². The summed E-state index contributed by atoms with van der Waals surface area (Å²) in [6.45, 7) is 5.05. The first kappa shape index (κ1) is 25.2. The molecular weight excluding hydrogens is 476 g/mol. The van der Waals surface area contributed by atoms with Crippen LogP contribution in [0.15, 0.2) is 95.2 Å². The third-order valence-corrected chi connectivity index (χ3v) is 6.76. The number of tetrazole rings is 1. The molecule has 1 aromatic heterocycles. The fourth-order valence-electron chi connectivity index (χ4n) is 5.01. The number of H-pyrrole nitrogens is 1. The van der Waals surface area contributed by atoms with Crippen molar-refractivity contribution in [1.29, 1.82) is 0 Å². The van der Waals surface area contributed by atoms with E-state index in [2.05, 4.69) is 46.7 Å². The molecule has 8 nitrogen and oxygen atoms in total. The molecule has 0 saturated carbocycles. The molecule has 0 amide bonds. The second-order valence-electron chi connectivity index (χ2n) is 9.37. The van der Waals surface area contributed by atoms with Crippen molar-refractivity contribution in [3.63, 3.8) is 0 Å². The summed E-state index contributed by atoms with van der Waals surface area (Å²) in [5.74, 6) is 0.206. The van der Waals surface area contributed by atoms with Gasteiger partial charge in [-0.3, -0.25) is 0 Å². The number of carbonyl (C=O) groups is 1. The molecule has 1 atom stereocenters. The van der Waals surface area contributed by atoms with E-state index in [9.17, 15) is 4.79 Å². The predicted molar refractivity (Wildman–Crippen MR) is 147 cm³/mol. The van der Waals surface area contributed by atoms with Crippen LogP contribution < -0.4 is 0 Å². The van der Waals surface area contributed by atoms with E-state index < -0.39 is 0 Å². The van der Waals surface area contributed by atoms with E-state index >= 15 is 0 Å². The number of likely N-dealkylation sites (N-methyl/N-ethyl adjacent to an activating group) is 1. The Hall–Kier alpha value is -4.43. The molecule has 0 spiro atoms. The van der Waals surface area contributed by atoms with Gasteiger partial charge < -0.3 is 4.74 Å². The van der Waals surface area contributed by atoms with Gasteiger partial charge in [0.05, 0.1) is 20.1 Å². The molecular formula is C30H31N6O2+. The van der Waals surface area contributed by atoms with Gasteiger partial charge in [-0.05, 0) is 35.2 Å². The Bertz CT molecular complexity index is 1480. The van der Waals surface area contributed by atoms with Gasteiger partial charge >= 0.3 is 5.97 Å². The minimum Gasteiger partial charge on any atom is -0.462 e. The molecule has 1 aliphatic heterocycles. The highest BCUT2D eigenvalue weighted by Crippen LogP contribution is 2.35. The van der Waals surface area contributed by atoms with Crippen LogP contribution in [-0.2, 0) is 16.0 Å². The van der Waals surface area contributed by atoms with E-state index in [1.54, 1.807) is 0 Å². The molecule has 3 aromatic carbocycles. The highest BCUT2D eigenvalue weighted by Gasteiger charge is 2.43. The molecule has 1 unspecified atom stereocenters. The van der Waals surface area contributed by atoms with E-state index in [0.717, 1.165) is 46.5 Å². The third kappa shape index (κ3) is 4.90. The number of aromatic nitrogens is 4. The minimum absolute atomic E-state index is 0.303. The van der Waals surface area contributed by atoms with E-state index in [0.29, 0.717) is 34.7 Å². The summed E-state index contributed by atoms with van der Waals surface area (Å²) in [6.07, 6.45) is 1.54. The van der Waals surface area contributed by atoms with E-state index in [1.807, 2.05) is 73.7 Å². The first-order chi connectivity index (χ1) is 18.5. The van der Waals surface area contributed by atoms with E-state index in [1.165, 1.54) is 0 Å². The number of allylic oxidation sites excluding steroid dienone is 1. The van der Waals surface area contributed by atoms with Crippen molar-refractivity contribution in [2.45, 2.75) is 26.7 Å². The molecule has 38 heavy (non-hydrogen) atoms. The van der Waals surface area contributed by atoms with Crippen molar-refractivity contribution in [1.82, 2.24) is 20.6 Å². The standard InChI is InChI=1S/C30H31N6O2/c1-4-19-36(3)26(20-21-11-7-6-8-12-21)27(30(37)38-5-2)28(33-36)23-17-15-22(16-18-23)24-13-9-10-14-25(24)29-31-34-35-32-29/h6-18H,4-5,19-20H2,1-3H3,(H,31,32,34,35)/q+1. The maximum atomic E-state index is 13.4. The van der Waals surface area contributed by atoms with Crippen molar-refractivity contribution in [3.05, 3.63) is 101 Å². The van der Waals surface area contributed by atoms with Gasteiger partial charge in [0.25, 0.3) is 0 Å². The summed E-state index contributed by atoms with van der Waals surface area (Å²) < 4.78 is 5.89. The Labute approximate surface area is 222 Å². The average molecular weight is 508 g/mol. The van der Waals surface area contributed by atoms with Crippen LogP contribution in [0, 0.1) is 0 Å². The molecule has 1 N–H and O–H groups in total. The lowest BCUT2D eigenvalue weighted by Gasteiger charge is -2.26. The maximum Gasteiger partial charge on any atom is 0.346 e. The van der Waals surface area contributed by atoms with Gasteiger partial charge in [-0.25, -0.2) is 4.79 Å². The highest BCUT2D eigenvalue weighted by atomic mass is 16.5. The van der Waals surface area contributed by atoms with E-state index in [4.69, 9.17) is 9.84 Å². The lowest BCUT2D eigenvalue weighted by Crippen LogP contribution is -2.37. The number of carbonyl (C=O) groups excluding carboxylic acids is 1. The average Bonchev–Trinajstić information content (AvgIpc) is 3.57. The first-order valence-corrected chi connectivity index (χ1v) is 12.9. The van der Waals surface area contributed by atoms with Crippen LogP contribution in [0.4, 0.5) is 0 Å². The topological polar surface area (TPSA) is 93.1 Å². The lowest BCUT2D eigenvalue weighted by molar-refractivity contribution is -0.878. The number of aromatic amines is 1. The summed E-state index contributed by atoms with van der Waals surface area (Å²) in [5, 5.41) is 19.7. The van der Waals surface area contributed by atoms with Gasteiger partial charge in [-0.2, -0.15) is 9.81 Å². The Kier molecular flexibility index (Phi) is 7.24. The van der Waals surface area contributed by atoms with Gasteiger partial charge in [0.1, 0.15) is 12.3 Å². The zero-order valence-corrected chi connectivity index (χ0v) is 21.9.